The lowest BCUT2D eigenvalue weighted by molar-refractivity contribution is -0.142. The Hall–Kier alpha value is -2.30. The summed E-state index contributed by atoms with van der Waals surface area (Å²) in [6, 6.07) is 2.31. The molecule has 0 spiro atoms. The van der Waals surface area contributed by atoms with Gasteiger partial charge >= 0.3 is 5.97 Å². The van der Waals surface area contributed by atoms with Crippen molar-refractivity contribution in [2.45, 2.75) is 37.6 Å². The average Bonchev–Trinajstić information content (AvgIpc) is 2.59. The minimum absolute atomic E-state index is 0.0121. The quantitative estimate of drug-likeness (QED) is 0.258. The second-order valence-electron chi connectivity index (χ2n) is 5.78. The smallest absolute Gasteiger partial charge is 0.326 e. The van der Waals surface area contributed by atoms with Gasteiger partial charge in [0.25, 0.3) is 0 Å². The number of rotatable bonds is 9. The third kappa shape index (κ3) is 6.54. The maximum absolute atomic E-state index is 12.3. The molecule has 0 saturated heterocycles. The zero-order chi connectivity index (χ0) is 19.9. The molecule has 0 fully saturated rings. The lowest BCUT2D eigenvalue weighted by Crippen LogP contribution is -2.57. The molecule has 4 atom stereocenters. The minimum atomic E-state index is -1.25. The number of nitrogens with one attached hydrogen (secondary N) is 2. The van der Waals surface area contributed by atoms with Crippen LogP contribution >= 0.6 is 12.6 Å². The van der Waals surface area contributed by atoms with Crippen LogP contribution in [0.15, 0.2) is 24.3 Å². The number of hydrogen-bond acceptors (Lipinski definition) is 7. The fraction of sp³-hybridized carbons (Fsp3) is 0.438. The minimum Gasteiger partial charge on any atom is -0.508 e. The first-order valence-electron chi connectivity index (χ1n) is 7.81. The Morgan fingerprint density at radius 2 is 1.65 bits per heavy atom. The van der Waals surface area contributed by atoms with Gasteiger partial charge in [-0.3, -0.25) is 9.59 Å². The number of nitrogens with two attached hydrogens (primary N) is 1. The Bertz CT molecular complexity index is 637. The molecule has 7 N–H and O–H groups in total. The molecule has 4 unspecified atom stereocenters. The van der Waals surface area contributed by atoms with Crippen LogP contribution in [-0.2, 0) is 20.8 Å². The van der Waals surface area contributed by atoms with Gasteiger partial charge in [-0.2, -0.15) is 12.6 Å². The number of hydrogen-bond donors (Lipinski definition) is 7. The largest absolute Gasteiger partial charge is 0.508 e. The molecule has 0 heterocycles. The number of phenols is 1. The second-order valence-corrected chi connectivity index (χ2v) is 6.15. The molecule has 0 bridgehead atoms. The molecule has 9 nitrogen and oxygen atoms in total. The van der Waals surface area contributed by atoms with E-state index in [0.717, 1.165) is 0 Å². The number of aliphatic carboxylic acids is 1. The highest BCUT2D eigenvalue weighted by Crippen LogP contribution is 2.11. The highest BCUT2D eigenvalue weighted by molar-refractivity contribution is 7.80. The summed E-state index contributed by atoms with van der Waals surface area (Å²) in [5, 5.41) is 32.5. The van der Waals surface area contributed by atoms with Gasteiger partial charge < -0.3 is 31.7 Å². The molecule has 0 aromatic heterocycles. The number of phenolic OH excluding ortho intramolecular Hbond substituents is 1. The van der Waals surface area contributed by atoms with E-state index in [1.165, 1.54) is 31.2 Å². The van der Waals surface area contributed by atoms with Crippen molar-refractivity contribution in [3.05, 3.63) is 29.8 Å². The van der Waals surface area contributed by atoms with Crippen LogP contribution in [0.5, 0.6) is 5.75 Å². The van der Waals surface area contributed by atoms with Gasteiger partial charge in [-0.15, -0.1) is 0 Å². The third-order valence-electron chi connectivity index (χ3n) is 3.63. The van der Waals surface area contributed by atoms with Crippen LogP contribution in [0, 0.1) is 0 Å². The Balaban J connectivity index is 2.76. The van der Waals surface area contributed by atoms with Crippen LogP contribution in [0.4, 0.5) is 0 Å². The number of benzene rings is 1. The van der Waals surface area contributed by atoms with Crippen molar-refractivity contribution in [2.75, 3.05) is 5.75 Å². The molecule has 0 aliphatic heterocycles. The summed E-state index contributed by atoms with van der Waals surface area (Å²) < 4.78 is 0. The topological polar surface area (TPSA) is 162 Å². The maximum atomic E-state index is 12.3. The molecule has 0 saturated carbocycles. The summed E-state index contributed by atoms with van der Waals surface area (Å²) >= 11 is 3.98. The Morgan fingerprint density at radius 1 is 1.12 bits per heavy atom. The fourth-order valence-electron chi connectivity index (χ4n) is 2.02. The Kier molecular flexibility index (Phi) is 8.36. The zero-order valence-electron chi connectivity index (χ0n) is 14.1. The summed E-state index contributed by atoms with van der Waals surface area (Å²) in [5.74, 6) is -2.79. The SMILES string of the molecule is CC(O)C(N)C(=O)NC(CS)C(=O)NC(Cc1ccc(O)cc1)C(=O)O. The van der Waals surface area contributed by atoms with Crippen molar-refractivity contribution in [2.24, 2.45) is 5.73 Å². The van der Waals surface area contributed by atoms with Gasteiger partial charge in [0.2, 0.25) is 11.8 Å². The molecule has 0 radical (unpaired) electrons. The molecule has 1 rings (SSSR count). The number of carboxylic acids is 1. The summed E-state index contributed by atoms with van der Waals surface area (Å²) in [4.78, 5) is 35.5. The van der Waals surface area contributed by atoms with E-state index in [2.05, 4.69) is 23.3 Å². The molecule has 10 heteroatoms. The molecular formula is C16H23N3O6S. The lowest BCUT2D eigenvalue weighted by atomic mass is 10.1. The highest BCUT2D eigenvalue weighted by Gasteiger charge is 2.28. The van der Waals surface area contributed by atoms with Crippen molar-refractivity contribution in [3.8, 4) is 5.75 Å². The summed E-state index contributed by atoms with van der Waals surface area (Å²) in [6.45, 7) is 1.33. The fourth-order valence-corrected chi connectivity index (χ4v) is 2.28. The number of aromatic hydroxyl groups is 1. The van der Waals surface area contributed by atoms with E-state index >= 15 is 0 Å². The van der Waals surface area contributed by atoms with Crippen molar-refractivity contribution in [1.82, 2.24) is 10.6 Å². The van der Waals surface area contributed by atoms with Gasteiger partial charge in [0, 0.05) is 12.2 Å². The monoisotopic (exact) mass is 385 g/mol. The third-order valence-corrected chi connectivity index (χ3v) is 3.99. The van der Waals surface area contributed by atoms with Crippen LogP contribution in [0.25, 0.3) is 0 Å². The van der Waals surface area contributed by atoms with Crippen molar-refractivity contribution < 1.29 is 29.7 Å². The van der Waals surface area contributed by atoms with E-state index in [4.69, 9.17) is 5.73 Å². The highest BCUT2D eigenvalue weighted by atomic mass is 32.1. The molecule has 26 heavy (non-hydrogen) atoms. The number of thiol groups is 1. The Morgan fingerprint density at radius 3 is 2.12 bits per heavy atom. The van der Waals surface area contributed by atoms with Crippen molar-refractivity contribution in [1.29, 1.82) is 0 Å². The first-order chi connectivity index (χ1) is 12.1. The van der Waals surface area contributed by atoms with E-state index in [1.54, 1.807) is 0 Å². The molecule has 0 aliphatic carbocycles. The van der Waals surface area contributed by atoms with Gasteiger partial charge in [0.05, 0.1) is 6.10 Å². The van der Waals surface area contributed by atoms with Gasteiger partial charge in [-0.25, -0.2) is 4.79 Å². The molecule has 2 amide bonds. The van der Waals surface area contributed by atoms with Crippen LogP contribution in [-0.4, -0.2) is 63.1 Å². The molecule has 1 aromatic carbocycles. The predicted octanol–water partition coefficient (Wildman–Crippen LogP) is -1.37. The number of aliphatic hydroxyl groups excluding tert-OH is 1. The zero-order valence-corrected chi connectivity index (χ0v) is 15.0. The summed E-state index contributed by atoms with van der Waals surface area (Å²) in [7, 11) is 0. The normalized spacial score (nSPS) is 15.4. The summed E-state index contributed by atoms with van der Waals surface area (Å²) in [5.41, 5.74) is 6.09. The standard InChI is InChI=1S/C16H23N3O6S/c1-8(20)13(17)15(23)19-12(7-26)14(22)18-11(16(24)25)6-9-2-4-10(21)5-3-9/h2-5,8,11-13,20-21,26H,6-7,17H2,1H3,(H,18,22)(H,19,23)(H,24,25). The van der Waals surface area contributed by atoms with Gasteiger partial charge in [0.1, 0.15) is 23.9 Å². The molecule has 144 valence electrons. The first kappa shape index (κ1) is 21.7. The molecular weight excluding hydrogens is 362 g/mol. The number of aliphatic hydroxyl groups is 1. The predicted molar refractivity (Wildman–Crippen MR) is 96.8 cm³/mol. The first-order valence-corrected chi connectivity index (χ1v) is 8.45. The Labute approximate surface area is 156 Å². The van der Waals surface area contributed by atoms with E-state index in [0.29, 0.717) is 5.56 Å². The maximum Gasteiger partial charge on any atom is 0.326 e. The van der Waals surface area contributed by atoms with Crippen molar-refractivity contribution >= 4 is 30.4 Å². The van der Waals surface area contributed by atoms with Crippen LogP contribution < -0.4 is 16.4 Å². The molecule has 0 aliphatic rings. The van der Waals surface area contributed by atoms with E-state index in [-0.39, 0.29) is 17.9 Å². The number of carboxylic acid groups (broad SMARTS) is 1. The lowest BCUT2D eigenvalue weighted by Gasteiger charge is -2.22. The summed E-state index contributed by atoms with van der Waals surface area (Å²) in [6.07, 6.45) is -1.12. The van der Waals surface area contributed by atoms with Gasteiger partial charge in [-0.1, -0.05) is 12.1 Å². The molecule has 1 aromatic rings. The number of carbonyl (C=O) groups is 3. The van der Waals surface area contributed by atoms with Crippen LogP contribution in [0.1, 0.15) is 12.5 Å². The number of amides is 2. The average molecular weight is 385 g/mol. The van der Waals surface area contributed by atoms with E-state index in [9.17, 15) is 29.7 Å². The van der Waals surface area contributed by atoms with E-state index in [1.807, 2.05) is 0 Å². The van der Waals surface area contributed by atoms with Crippen LogP contribution in [0.3, 0.4) is 0 Å². The van der Waals surface area contributed by atoms with Crippen LogP contribution in [0.2, 0.25) is 0 Å². The van der Waals surface area contributed by atoms with Gasteiger partial charge in [-0.05, 0) is 24.6 Å². The second kappa shape index (κ2) is 10.00. The van der Waals surface area contributed by atoms with Crippen molar-refractivity contribution in [3.63, 3.8) is 0 Å². The number of carbonyl (C=O) groups excluding carboxylic acids is 2. The van der Waals surface area contributed by atoms with Gasteiger partial charge in [0.15, 0.2) is 0 Å². The van der Waals surface area contributed by atoms with E-state index < -0.39 is 42.0 Å².